The summed E-state index contributed by atoms with van der Waals surface area (Å²) in [6.45, 7) is 1.30. The zero-order valence-corrected chi connectivity index (χ0v) is 15.1. The number of amides is 1. The summed E-state index contributed by atoms with van der Waals surface area (Å²) < 4.78 is 31.4. The second-order valence-corrected chi connectivity index (χ2v) is 6.07. The van der Waals surface area contributed by atoms with Crippen LogP contribution in [0.3, 0.4) is 0 Å². The number of carbonyl (C=O) groups is 3. The standard InChI is InChI=1S/C19H16ClF2NO4/c1-11(18(25)12-2-4-13(20)5-3-12)27-17(24)8-9-23-19(26)15-7-6-14(21)10-16(15)22/h2-7,10-11H,8-9H2,1H3,(H,23,26). The largest absolute Gasteiger partial charge is 0.454 e. The van der Waals surface area contributed by atoms with Crippen LogP contribution in [-0.4, -0.2) is 30.3 Å². The number of nitrogens with one attached hydrogen (secondary N) is 1. The molecule has 2 aromatic carbocycles. The lowest BCUT2D eigenvalue weighted by Gasteiger charge is -2.13. The minimum absolute atomic E-state index is 0.129. The minimum atomic E-state index is -1.01. The van der Waals surface area contributed by atoms with Gasteiger partial charge in [-0.1, -0.05) is 11.6 Å². The van der Waals surface area contributed by atoms with Crippen LogP contribution in [0.15, 0.2) is 42.5 Å². The van der Waals surface area contributed by atoms with Crippen molar-refractivity contribution in [1.29, 1.82) is 0 Å². The van der Waals surface area contributed by atoms with E-state index < -0.39 is 35.4 Å². The van der Waals surface area contributed by atoms with Gasteiger partial charge in [-0.2, -0.15) is 0 Å². The van der Waals surface area contributed by atoms with E-state index in [2.05, 4.69) is 5.32 Å². The molecule has 0 bridgehead atoms. The van der Waals surface area contributed by atoms with Gasteiger partial charge in [-0.05, 0) is 43.3 Å². The van der Waals surface area contributed by atoms with Crippen LogP contribution in [0.25, 0.3) is 0 Å². The van der Waals surface area contributed by atoms with Crippen molar-refractivity contribution in [2.24, 2.45) is 0 Å². The Bertz CT molecular complexity index is 855. The molecule has 0 heterocycles. The SMILES string of the molecule is CC(OC(=O)CCNC(=O)c1ccc(F)cc1F)C(=O)c1ccc(Cl)cc1. The normalized spacial score (nSPS) is 11.6. The van der Waals surface area contributed by atoms with Crippen molar-refractivity contribution in [2.45, 2.75) is 19.4 Å². The number of halogens is 3. The molecule has 0 aliphatic rings. The minimum Gasteiger partial charge on any atom is -0.454 e. The predicted octanol–water partition coefficient (Wildman–Crippen LogP) is 3.55. The quantitative estimate of drug-likeness (QED) is 0.574. The average molecular weight is 396 g/mol. The number of hydrogen-bond donors (Lipinski definition) is 1. The number of hydrogen-bond acceptors (Lipinski definition) is 4. The molecule has 0 saturated carbocycles. The molecule has 0 radical (unpaired) electrons. The van der Waals surface area contributed by atoms with E-state index in [4.69, 9.17) is 16.3 Å². The Balaban J connectivity index is 1.80. The second-order valence-electron chi connectivity index (χ2n) is 5.63. The van der Waals surface area contributed by atoms with E-state index in [1.807, 2.05) is 0 Å². The molecule has 1 N–H and O–H groups in total. The van der Waals surface area contributed by atoms with Crippen LogP contribution < -0.4 is 5.32 Å². The highest BCUT2D eigenvalue weighted by Crippen LogP contribution is 2.13. The first-order chi connectivity index (χ1) is 12.8. The summed E-state index contributed by atoms with van der Waals surface area (Å²) in [4.78, 5) is 35.8. The van der Waals surface area contributed by atoms with Gasteiger partial charge in [-0.15, -0.1) is 0 Å². The van der Waals surface area contributed by atoms with Crippen LogP contribution in [0, 0.1) is 11.6 Å². The van der Waals surface area contributed by atoms with E-state index in [1.54, 1.807) is 12.1 Å². The Labute approximate surface area is 159 Å². The molecule has 0 spiro atoms. The number of ketones is 1. The van der Waals surface area contributed by atoms with Gasteiger partial charge < -0.3 is 10.1 Å². The van der Waals surface area contributed by atoms with Gasteiger partial charge in [0.15, 0.2) is 6.10 Å². The highest BCUT2D eigenvalue weighted by atomic mass is 35.5. The molecule has 27 heavy (non-hydrogen) atoms. The maximum atomic E-state index is 13.5. The maximum absolute atomic E-state index is 13.5. The van der Waals surface area contributed by atoms with Gasteiger partial charge in [0, 0.05) is 23.2 Å². The van der Waals surface area contributed by atoms with Gasteiger partial charge in [0.2, 0.25) is 5.78 Å². The van der Waals surface area contributed by atoms with Crippen LogP contribution >= 0.6 is 11.6 Å². The third kappa shape index (κ3) is 5.86. The third-order valence-electron chi connectivity index (χ3n) is 3.60. The van der Waals surface area contributed by atoms with Crippen molar-refractivity contribution in [3.63, 3.8) is 0 Å². The van der Waals surface area contributed by atoms with E-state index in [0.717, 1.165) is 12.1 Å². The predicted molar refractivity (Wildman–Crippen MR) is 94.6 cm³/mol. The number of Topliss-reactive ketones (excluding diaryl/α,β-unsaturated/α-hetero) is 1. The topological polar surface area (TPSA) is 72.5 Å². The molecule has 0 fully saturated rings. The summed E-state index contributed by atoms with van der Waals surface area (Å²) in [5, 5.41) is 2.81. The first-order valence-electron chi connectivity index (χ1n) is 8.00. The lowest BCUT2D eigenvalue weighted by Crippen LogP contribution is -2.29. The van der Waals surface area contributed by atoms with Gasteiger partial charge in [-0.3, -0.25) is 14.4 Å². The molecule has 1 unspecified atom stereocenters. The highest BCUT2D eigenvalue weighted by Gasteiger charge is 2.20. The van der Waals surface area contributed by atoms with Crippen molar-refractivity contribution < 1.29 is 27.9 Å². The van der Waals surface area contributed by atoms with E-state index in [1.165, 1.54) is 19.1 Å². The monoisotopic (exact) mass is 395 g/mol. The molecular weight excluding hydrogens is 380 g/mol. The van der Waals surface area contributed by atoms with E-state index in [0.29, 0.717) is 16.7 Å². The number of rotatable bonds is 7. The van der Waals surface area contributed by atoms with Crippen molar-refractivity contribution in [2.75, 3.05) is 6.54 Å². The smallest absolute Gasteiger partial charge is 0.308 e. The van der Waals surface area contributed by atoms with Crippen LogP contribution in [0.2, 0.25) is 5.02 Å². The molecule has 2 rings (SSSR count). The number of benzene rings is 2. The lowest BCUT2D eigenvalue weighted by atomic mass is 10.1. The summed E-state index contributed by atoms with van der Waals surface area (Å²) in [5.74, 6) is -3.68. The molecule has 0 aromatic heterocycles. The summed E-state index contributed by atoms with van der Waals surface area (Å²) in [7, 11) is 0. The number of carbonyl (C=O) groups excluding carboxylic acids is 3. The van der Waals surface area contributed by atoms with Gasteiger partial charge in [0.1, 0.15) is 11.6 Å². The second kappa shape index (κ2) is 9.23. The van der Waals surface area contributed by atoms with E-state index in [9.17, 15) is 23.2 Å². The Kier molecular flexibility index (Phi) is 7.01. The molecule has 0 aliphatic carbocycles. The fourth-order valence-corrected chi connectivity index (χ4v) is 2.33. The Hall–Kier alpha value is -2.80. The molecule has 1 atom stereocenters. The molecule has 1 amide bonds. The first kappa shape index (κ1) is 20.5. The summed E-state index contributed by atoms with van der Waals surface area (Å²) in [6.07, 6.45) is -1.23. The number of esters is 1. The molecule has 5 nitrogen and oxygen atoms in total. The summed E-state index contributed by atoms with van der Waals surface area (Å²) in [5.41, 5.74) is 0.0100. The Morgan fingerprint density at radius 3 is 2.41 bits per heavy atom. The number of ether oxygens (including phenoxy) is 1. The third-order valence-corrected chi connectivity index (χ3v) is 3.85. The van der Waals surface area contributed by atoms with Crippen molar-refractivity contribution >= 4 is 29.3 Å². The molecule has 2 aromatic rings. The zero-order valence-electron chi connectivity index (χ0n) is 14.3. The zero-order chi connectivity index (χ0) is 20.0. The van der Waals surface area contributed by atoms with Crippen LogP contribution in [0.5, 0.6) is 0 Å². The first-order valence-corrected chi connectivity index (χ1v) is 8.38. The Morgan fingerprint density at radius 1 is 1.11 bits per heavy atom. The summed E-state index contributed by atoms with van der Waals surface area (Å²) in [6, 6.07) is 8.69. The van der Waals surface area contributed by atoms with Gasteiger partial charge in [0.05, 0.1) is 12.0 Å². The van der Waals surface area contributed by atoms with Crippen LogP contribution in [0.1, 0.15) is 34.1 Å². The molecule has 0 saturated heterocycles. The van der Waals surface area contributed by atoms with Crippen molar-refractivity contribution in [3.8, 4) is 0 Å². The Morgan fingerprint density at radius 2 is 1.78 bits per heavy atom. The highest BCUT2D eigenvalue weighted by molar-refractivity contribution is 6.30. The van der Waals surface area contributed by atoms with Crippen LogP contribution in [-0.2, 0) is 9.53 Å². The van der Waals surface area contributed by atoms with Gasteiger partial charge >= 0.3 is 5.97 Å². The average Bonchev–Trinajstić information content (AvgIpc) is 2.61. The van der Waals surface area contributed by atoms with Crippen LogP contribution in [0.4, 0.5) is 8.78 Å². The lowest BCUT2D eigenvalue weighted by molar-refractivity contribution is -0.146. The summed E-state index contributed by atoms with van der Waals surface area (Å²) >= 11 is 5.75. The fourth-order valence-electron chi connectivity index (χ4n) is 2.21. The van der Waals surface area contributed by atoms with Gasteiger partial charge in [0.25, 0.3) is 5.91 Å². The molecule has 8 heteroatoms. The molecule has 142 valence electrons. The molecule has 0 aliphatic heterocycles. The maximum Gasteiger partial charge on any atom is 0.308 e. The van der Waals surface area contributed by atoms with E-state index >= 15 is 0 Å². The fraction of sp³-hybridized carbons (Fsp3) is 0.211. The van der Waals surface area contributed by atoms with Gasteiger partial charge in [-0.25, -0.2) is 8.78 Å². The van der Waals surface area contributed by atoms with Crippen molar-refractivity contribution in [1.82, 2.24) is 5.32 Å². The van der Waals surface area contributed by atoms with Crippen molar-refractivity contribution in [3.05, 3.63) is 70.2 Å². The molecular formula is C19H16ClF2NO4. The van der Waals surface area contributed by atoms with E-state index in [-0.39, 0.29) is 18.5 Å².